The van der Waals surface area contributed by atoms with Crippen LogP contribution >= 0.6 is 0 Å². The Morgan fingerprint density at radius 3 is 2.09 bits per heavy atom. The molecule has 2 atom stereocenters. The maximum Gasteiger partial charge on any atom is 0.270 e. The predicted octanol–water partition coefficient (Wildman–Crippen LogP) is 4.69. The van der Waals surface area contributed by atoms with Crippen LogP contribution in [0, 0.1) is 18.6 Å². The molecule has 0 unspecified atom stereocenters. The molecular weight excluding hydrogens is 592 g/mol. The number of anilines is 1. The molecular formula is C35H45F2N5O4. The van der Waals surface area contributed by atoms with Crippen LogP contribution in [0.5, 0.6) is 0 Å². The second-order valence-electron chi connectivity index (χ2n) is 12.2. The summed E-state index contributed by atoms with van der Waals surface area (Å²) in [6.07, 6.45) is 3.74. The predicted molar refractivity (Wildman–Crippen MR) is 174 cm³/mol. The van der Waals surface area contributed by atoms with Gasteiger partial charge in [0.2, 0.25) is 0 Å². The van der Waals surface area contributed by atoms with Gasteiger partial charge in [-0.05, 0) is 86.6 Å². The van der Waals surface area contributed by atoms with Crippen molar-refractivity contribution in [3.63, 3.8) is 0 Å². The molecule has 3 N–H and O–H groups in total. The molecule has 9 nitrogen and oxygen atoms in total. The van der Waals surface area contributed by atoms with E-state index >= 15 is 0 Å². The normalized spacial score (nSPS) is 14.3. The molecule has 11 heteroatoms. The van der Waals surface area contributed by atoms with E-state index < -0.39 is 29.7 Å². The standard InChI is InChI=1S/C35H45F2N5O4/c1-5-9-40(10-6-2)33(44)25-13-23(3)14-26(18-25)34(45)42(22-32(43)30(38)17-24-15-27(36)19-28(37)16-24)29-20-31(39(4)21-29)35(46)41-11-7-8-12-41/h13-16,18-21,30,32,43H,5-12,17,22,38H2,1-4H3/t30-,32+/m0/s1. The van der Waals surface area contributed by atoms with Crippen molar-refractivity contribution in [1.29, 1.82) is 0 Å². The number of hydrogen-bond acceptors (Lipinski definition) is 5. The number of nitrogens with zero attached hydrogens (tertiary/aromatic N) is 4. The monoisotopic (exact) mass is 637 g/mol. The highest BCUT2D eigenvalue weighted by atomic mass is 19.1. The van der Waals surface area contributed by atoms with Crippen LogP contribution in [0.4, 0.5) is 14.5 Å². The Balaban J connectivity index is 1.69. The Bertz CT molecular complexity index is 1530. The number of nitrogens with two attached hydrogens (primary N) is 1. The lowest BCUT2D eigenvalue weighted by Crippen LogP contribution is -2.46. The third-order valence-electron chi connectivity index (χ3n) is 8.26. The van der Waals surface area contributed by atoms with Crippen molar-refractivity contribution in [3.05, 3.63) is 88.2 Å². The number of benzene rings is 2. The summed E-state index contributed by atoms with van der Waals surface area (Å²) in [6, 6.07) is 8.69. The second kappa shape index (κ2) is 15.5. The number of halogens is 2. The molecule has 1 aliphatic heterocycles. The molecule has 1 fully saturated rings. The van der Waals surface area contributed by atoms with Crippen LogP contribution in [0.15, 0.2) is 48.7 Å². The number of carbonyl (C=O) groups is 3. The molecule has 0 radical (unpaired) electrons. The fraction of sp³-hybridized carbons (Fsp3) is 0.457. The molecule has 0 spiro atoms. The number of aryl methyl sites for hydroxylation is 2. The third kappa shape index (κ3) is 8.38. The first-order valence-electron chi connectivity index (χ1n) is 16.0. The van der Waals surface area contributed by atoms with Gasteiger partial charge < -0.3 is 30.1 Å². The van der Waals surface area contributed by atoms with E-state index in [1.165, 1.54) is 4.90 Å². The smallest absolute Gasteiger partial charge is 0.270 e. The summed E-state index contributed by atoms with van der Waals surface area (Å²) in [5, 5.41) is 11.2. The summed E-state index contributed by atoms with van der Waals surface area (Å²) in [5.41, 5.74) is 8.67. The van der Waals surface area contributed by atoms with Gasteiger partial charge in [0.05, 0.1) is 18.3 Å². The average Bonchev–Trinajstić information content (AvgIpc) is 3.68. The van der Waals surface area contributed by atoms with Gasteiger partial charge in [-0.1, -0.05) is 13.8 Å². The second-order valence-corrected chi connectivity index (χ2v) is 12.2. The summed E-state index contributed by atoms with van der Waals surface area (Å²) in [5.74, 6) is -2.33. The van der Waals surface area contributed by atoms with Crippen LogP contribution in [-0.4, -0.2) is 82.1 Å². The van der Waals surface area contributed by atoms with Gasteiger partial charge in [0.15, 0.2) is 0 Å². The van der Waals surface area contributed by atoms with Gasteiger partial charge >= 0.3 is 0 Å². The van der Waals surface area contributed by atoms with E-state index in [2.05, 4.69) is 0 Å². The van der Waals surface area contributed by atoms with E-state index in [1.54, 1.807) is 58.8 Å². The van der Waals surface area contributed by atoms with Crippen LogP contribution in [0.2, 0.25) is 0 Å². The van der Waals surface area contributed by atoms with Crippen molar-refractivity contribution in [2.75, 3.05) is 37.6 Å². The SMILES string of the molecule is CCCN(CCC)C(=O)c1cc(C)cc(C(=O)N(C[C@@H](O)[C@@H](N)Cc2cc(F)cc(F)c2)c2cc(C(=O)N3CCCC3)n(C)c2)c1. The number of hydrogen-bond donors (Lipinski definition) is 2. The maximum absolute atomic E-state index is 14.3. The van der Waals surface area contributed by atoms with Gasteiger partial charge in [0.1, 0.15) is 17.3 Å². The van der Waals surface area contributed by atoms with E-state index in [0.29, 0.717) is 48.7 Å². The van der Waals surface area contributed by atoms with Gasteiger partial charge in [0, 0.05) is 62.7 Å². The van der Waals surface area contributed by atoms with Crippen molar-refractivity contribution < 1.29 is 28.3 Å². The van der Waals surface area contributed by atoms with Crippen LogP contribution in [0.3, 0.4) is 0 Å². The largest absolute Gasteiger partial charge is 0.390 e. The summed E-state index contributed by atoms with van der Waals surface area (Å²) in [7, 11) is 1.72. The fourth-order valence-corrected chi connectivity index (χ4v) is 5.98. The Hall–Kier alpha value is -4.09. The van der Waals surface area contributed by atoms with E-state index in [1.807, 2.05) is 13.8 Å². The number of aliphatic hydroxyl groups excluding tert-OH is 1. The van der Waals surface area contributed by atoms with Gasteiger partial charge in [-0.15, -0.1) is 0 Å². The highest BCUT2D eigenvalue weighted by Crippen LogP contribution is 2.25. The van der Waals surface area contributed by atoms with Crippen molar-refractivity contribution in [2.45, 2.75) is 65.0 Å². The molecule has 1 aromatic heterocycles. The first-order chi connectivity index (χ1) is 21.9. The summed E-state index contributed by atoms with van der Waals surface area (Å²) >= 11 is 0. The zero-order valence-corrected chi connectivity index (χ0v) is 27.1. The van der Waals surface area contributed by atoms with Crippen LogP contribution < -0.4 is 10.6 Å². The minimum atomic E-state index is -1.30. The number of likely N-dealkylation sites (tertiary alicyclic amines) is 1. The number of amides is 3. The zero-order valence-electron chi connectivity index (χ0n) is 27.1. The number of aliphatic hydroxyl groups is 1. The third-order valence-corrected chi connectivity index (χ3v) is 8.26. The Morgan fingerprint density at radius 2 is 1.50 bits per heavy atom. The van der Waals surface area contributed by atoms with E-state index in [0.717, 1.165) is 43.9 Å². The number of carbonyl (C=O) groups excluding carboxylic acids is 3. The zero-order chi connectivity index (χ0) is 33.5. The quantitative estimate of drug-likeness (QED) is 0.283. The first-order valence-corrected chi connectivity index (χ1v) is 16.0. The molecule has 248 valence electrons. The molecule has 3 amide bonds. The molecule has 4 rings (SSSR count). The summed E-state index contributed by atoms with van der Waals surface area (Å²) < 4.78 is 29.3. The Labute approximate surface area is 269 Å². The topological polar surface area (TPSA) is 112 Å². The molecule has 2 heterocycles. The van der Waals surface area contributed by atoms with Crippen molar-refractivity contribution >= 4 is 23.4 Å². The first kappa shape index (κ1) is 34.8. The minimum Gasteiger partial charge on any atom is -0.390 e. The highest BCUT2D eigenvalue weighted by Gasteiger charge is 2.29. The van der Waals surface area contributed by atoms with Crippen LogP contribution in [-0.2, 0) is 13.5 Å². The lowest BCUT2D eigenvalue weighted by atomic mass is 10.0. The molecule has 46 heavy (non-hydrogen) atoms. The molecule has 1 aliphatic rings. The minimum absolute atomic E-state index is 0.0425. The molecule has 3 aromatic rings. The average molecular weight is 638 g/mol. The summed E-state index contributed by atoms with van der Waals surface area (Å²) in [4.78, 5) is 45.9. The van der Waals surface area contributed by atoms with Crippen LogP contribution in [0.25, 0.3) is 0 Å². The fourth-order valence-electron chi connectivity index (χ4n) is 5.98. The molecule has 0 bridgehead atoms. The van der Waals surface area contributed by atoms with Crippen molar-refractivity contribution in [2.24, 2.45) is 12.8 Å². The Morgan fingerprint density at radius 1 is 0.913 bits per heavy atom. The van der Waals surface area contributed by atoms with Gasteiger partial charge in [-0.2, -0.15) is 0 Å². The Kier molecular flexibility index (Phi) is 11.7. The highest BCUT2D eigenvalue weighted by molar-refractivity contribution is 6.08. The maximum atomic E-state index is 14.3. The van der Waals surface area contributed by atoms with Crippen molar-refractivity contribution in [3.8, 4) is 0 Å². The molecule has 1 saturated heterocycles. The lowest BCUT2D eigenvalue weighted by molar-refractivity contribution is 0.0753. The van der Waals surface area contributed by atoms with Crippen molar-refractivity contribution in [1.82, 2.24) is 14.4 Å². The lowest BCUT2D eigenvalue weighted by Gasteiger charge is -2.28. The summed E-state index contributed by atoms with van der Waals surface area (Å²) in [6.45, 7) is 8.03. The van der Waals surface area contributed by atoms with E-state index in [4.69, 9.17) is 5.73 Å². The van der Waals surface area contributed by atoms with Gasteiger partial charge in [-0.25, -0.2) is 8.78 Å². The number of aromatic nitrogens is 1. The van der Waals surface area contributed by atoms with E-state index in [-0.39, 0.29) is 35.9 Å². The molecule has 2 aromatic carbocycles. The molecule has 0 saturated carbocycles. The van der Waals surface area contributed by atoms with Crippen LogP contribution in [0.1, 0.15) is 81.9 Å². The van der Waals surface area contributed by atoms with Gasteiger partial charge in [0.25, 0.3) is 17.7 Å². The van der Waals surface area contributed by atoms with Gasteiger partial charge in [-0.3, -0.25) is 14.4 Å². The van der Waals surface area contributed by atoms with E-state index in [9.17, 15) is 28.3 Å². The number of rotatable bonds is 13. The molecule has 0 aliphatic carbocycles.